The number of aromatic hydroxyl groups is 1. The highest BCUT2D eigenvalue weighted by molar-refractivity contribution is 7.21. The number of benzene rings is 1. The first-order valence-electron chi connectivity index (χ1n) is 5.25. The van der Waals surface area contributed by atoms with Crippen LogP contribution in [0.15, 0.2) is 36.5 Å². The van der Waals surface area contributed by atoms with Gasteiger partial charge >= 0.3 is 0 Å². The molecule has 0 atom stereocenters. The predicted octanol–water partition coefficient (Wildman–Crippen LogP) is 3.37. The smallest absolute Gasteiger partial charge is 0.143 e. The highest BCUT2D eigenvalue weighted by atomic mass is 32.1. The average Bonchev–Trinajstić information content (AvgIpc) is 2.75. The molecule has 1 aromatic carbocycles. The quantitative estimate of drug-likeness (QED) is 0.711. The van der Waals surface area contributed by atoms with Crippen LogP contribution in [0.25, 0.3) is 20.9 Å². The number of nitrogens with zero attached hydrogens (tertiary/aromatic N) is 2. The monoisotopic (exact) mass is 242 g/mol. The Bertz CT molecular complexity index is 658. The maximum atomic E-state index is 9.86. The molecule has 4 heteroatoms. The maximum absolute atomic E-state index is 9.86. The van der Waals surface area contributed by atoms with E-state index in [4.69, 9.17) is 0 Å². The Balaban J connectivity index is 2.23. The van der Waals surface area contributed by atoms with Crippen molar-refractivity contribution in [2.75, 3.05) is 0 Å². The van der Waals surface area contributed by atoms with E-state index in [2.05, 4.69) is 9.97 Å². The summed E-state index contributed by atoms with van der Waals surface area (Å²) in [6, 6.07) is 9.30. The topological polar surface area (TPSA) is 46.0 Å². The number of hydrogen-bond donors (Lipinski definition) is 1. The summed E-state index contributed by atoms with van der Waals surface area (Å²) in [5.41, 5.74) is 2.74. The molecule has 0 aliphatic heterocycles. The zero-order chi connectivity index (χ0) is 11.8. The van der Waals surface area contributed by atoms with Gasteiger partial charge in [0, 0.05) is 6.20 Å². The fraction of sp³-hybridized carbons (Fsp3) is 0.0769. The molecule has 3 rings (SSSR count). The Hall–Kier alpha value is -1.94. The van der Waals surface area contributed by atoms with Crippen LogP contribution >= 0.6 is 11.3 Å². The van der Waals surface area contributed by atoms with E-state index in [-0.39, 0.29) is 5.75 Å². The van der Waals surface area contributed by atoms with Crippen LogP contribution in [0.2, 0.25) is 0 Å². The van der Waals surface area contributed by atoms with Crippen LogP contribution < -0.4 is 0 Å². The van der Waals surface area contributed by atoms with Crippen molar-refractivity contribution in [2.24, 2.45) is 0 Å². The summed E-state index contributed by atoms with van der Waals surface area (Å²) in [5, 5.41) is 10.7. The molecule has 0 amide bonds. The molecular weight excluding hydrogens is 232 g/mol. The Kier molecular flexibility index (Phi) is 2.30. The molecule has 0 unspecified atom stereocenters. The molecule has 0 aliphatic rings. The summed E-state index contributed by atoms with van der Waals surface area (Å²) in [7, 11) is 0. The van der Waals surface area contributed by atoms with Crippen LogP contribution in [0.5, 0.6) is 5.75 Å². The van der Waals surface area contributed by atoms with Gasteiger partial charge in [-0.05, 0) is 31.2 Å². The van der Waals surface area contributed by atoms with Crippen LogP contribution in [-0.2, 0) is 0 Å². The molecule has 0 bridgehead atoms. The zero-order valence-electron chi connectivity index (χ0n) is 9.21. The van der Waals surface area contributed by atoms with E-state index in [9.17, 15) is 5.11 Å². The van der Waals surface area contributed by atoms with Crippen molar-refractivity contribution in [3.63, 3.8) is 0 Å². The largest absolute Gasteiger partial charge is 0.507 e. The summed E-state index contributed by atoms with van der Waals surface area (Å²) in [4.78, 5) is 9.63. The SMILES string of the molecule is Cc1ccc(O)c(-c2nc3cccnc3s2)c1. The molecule has 84 valence electrons. The normalized spacial score (nSPS) is 10.9. The van der Waals surface area contributed by atoms with Gasteiger partial charge in [-0.2, -0.15) is 0 Å². The number of pyridine rings is 1. The van der Waals surface area contributed by atoms with Gasteiger partial charge in [0.05, 0.1) is 5.56 Å². The summed E-state index contributed by atoms with van der Waals surface area (Å²) in [6.45, 7) is 1.99. The van der Waals surface area contributed by atoms with Gasteiger partial charge in [0.2, 0.25) is 0 Å². The lowest BCUT2D eigenvalue weighted by Crippen LogP contribution is -1.79. The van der Waals surface area contributed by atoms with Crippen LogP contribution in [0.4, 0.5) is 0 Å². The molecule has 0 fully saturated rings. The maximum Gasteiger partial charge on any atom is 0.143 e. The fourth-order valence-corrected chi connectivity index (χ4v) is 2.64. The Morgan fingerprint density at radius 2 is 2.12 bits per heavy atom. The predicted molar refractivity (Wildman–Crippen MR) is 69.3 cm³/mol. The van der Waals surface area contributed by atoms with E-state index in [0.29, 0.717) is 0 Å². The van der Waals surface area contributed by atoms with Gasteiger partial charge in [-0.1, -0.05) is 23.0 Å². The molecule has 3 aromatic rings. The van der Waals surface area contributed by atoms with Crippen LogP contribution in [-0.4, -0.2) is 15.1 Å². The van der Waals surface area contributed by atoms with Crippen LogP contribution in [0, 0.1) is 6.92 Å². The van der Waals surface area contributed by atoms with Crippen molar-refractivity contribution in [3.8, 4) is 16.3 Å². The number of phenolic OH excluding ortho intramolecular Hbond substituents is 1. The molecule has 2 heterocycles. The van der Waals surface area contributed by atoms with E-state index in [0.717, 1.165) is 26.5 Å². The highest BCUT2D eigenvalue weighted by Crippen LogP contribution is 2.34. The van der Waals surface area contributed by atoms with E-state index >= 15 is 0 Å². The van der Waals surface area contributed by atoms with Crippen molar-refractivity contribution in [3.05, 3.63) is 42.1 Å². The second-order valence-corrected chi connectivity index (χ2v) is 4.84. The molecule has 1 N–H and O–H groups in total. The Morgan fingerprint density at radius 1 is 1.24 bits per heavy atom. The Morgan fingerprint density at radius 3 is 2.94 bits per heavy atom. The second kappa shape index (κ2) is 3.82. The van der Waals surface area contributed by atoms with Gasteiger partial charge in [0.15, 0.2) is 0 Å². The average molecular weight is 242 g/mol. The van der Waals surface area contributed by atoms with E-state index in [1.165, 1.54) is 11.3 Å². The first-order valence-corrected chi connectivity index (χ1v) is 6.07. The number of fused-ring (bicyclic) bond motifs is 1. The summed E-state index contributed by atoms with van der Waals surface area (Å²) < 4.78 is 0. The lowest BCUT2D eigenvalue weighted by atomic mass is 10.1. The van der Waals surface area contributed by atoms with Crippen molar-refractivity contribution in [1.29, 1.82) is 0 Å². The molecule has 0 spiro atoms. The van der Waals surface area contributed by atoms with Crippen molar-refractivity contribution < 1.29 is 5.11 Å². The molecular formula is C13H10N2OS. The summed E-state index contributed by atoms with van der Waals surface area (Å²) in [6.07, 6.45) is 1.75. The minimum absolute atomic E-state index is 0.259. The van der Waals surface area contributed by atoms with Crippen LogP contribution in [0.3, 0.4) is 0 Å². The number of aryl methyl sites for hydroxylation is 1. The number of hydrogen-bond acceptors (Lipinski definition) is 4. The molecule has 0 saturated carbocycles. The van der Waals surface area contributed by atoms with Gasteiger partial charge in [-0.25, -0.2) is 9.97 Å². The summed E-state index contributed by atoms with van der Waals surface area (Å²) >= 11 is 1.49. The van der Waals surface area contributed by atoms with Crippen LogP contribution in [0.1, 0.15) is 5.56 Å². The van der Waals surface area contributed by atoms with E-state index < -0.39 is 0 Å². The van der Waals surface area contributed by atoms with Gasteiger partial charge < -0.3 is 5.11 Å². The lowest BCUT2D eigenvalue weighted by Gasteiger charge is -2.01. The van der Waals surface area contributed by atoms with Gasteiger partial charge in [0.25, 0.3) is 0 Å². The minimum atomic E-state index is 0.259. The third-order valence-corrected chi connectivity index (χ3v) is 3.56. The highest BCUT2D eigenvalue weighted by Gasteiger charge is 2.10. The number of phenols is 1. The van der Waals surface area contributed by atoms with Gasteiger partial charge in [-0.3, -0.25) is 0 Å². The number of rotatable bonds is 1. The number of thiazole rings is 1. The molecule has 2 aromatic heterocycles. The minimum Gasteiger partial charge on any atom is -0.507 e. The molecule has 3 nitrogen and oxygen atoms in total. The van der Waals surface area contributed by atoms with Gasteiger partial charge in [-0.15, -0.1) is 0 Å². The molecule has 0 aliphatic carbocycles. The molecule has 17 heavy (non-hydrogen) atoms. The lowest BCUT2D eigenvalue weighted by molar-refractivity contribution is 0.477. The third kappa shape index (κ3) is 1.76. The Labute approximate surface area is 102 Å². The van der Waals surface area contributed by atoms with Crippen molar-refractivity contribution in [2.45, 2.75) is 6.92 Å². The van der Waals surface area contributed by atoms with E-state index in [1.807, 2.05) is 31.2 Å². The first-order chi connectivity index (χ1) is 8.24. The van der Waals surface area contributed by atoms with Crippen molar-refractivity contribution in [1.82, 2.24) is 9.97 Å². The first kappa shape index (κ1) is 10.2. The second-order valence-electron chi connectivity index (χ2n) is 3.87. The van der Waals surface area contributed by atoms with E-state index in [1.54, 1.807) is 12.3 Å². The van der Waals surface area contributed by atoms with Crippen molar-refractivity contribution >= 4 is 21.7 Å². The molecule has 0 radical (unpaired) electrons. The van der Waals surface area contributed by atoms with Gasteiger partial charge in [0.1, 0.15) is 21.1 Å². The zero-order valence-corrected chi connectivity index (χ0v) is 10.0. The summed E-state index contributed by atoms with van der Waals surface area (Å²) in [5.74, 6) is 0.259. The molecule has 0 saturated heterocycles. The number of aromatic nitrogens is 2. The standard InChI is InChI=1S/C13H10N2OS/c1-8-4-5-11(16)9(7-8)12-15-10-3-2-6-14-13(10)17-12/h2-7,16H,1H3. The fourth-order valence-electron chi connectivity index (χ4n) is 1.71. The third-order valence-electron chi connectivity index (χ3n) is 2.55.